The number of benzene rings is 2. The molecule has 0 aromatic heterocycles. The summed E-state index contributed by atoms with van der Waals surface area (Å²) in [6.07, 6.45) is -0.559. The summed E-state index contributed by atoms with van der Waals surface area (Å²) < 4.78 is 24.1. The molecule has 0 amide bonds. The largest absolute Gasteiger partial charge is 0.540 e. The minimum atomic E-state index is -2.85. The first-order valence-electron chi connectivity index (χ1n) is 11.6. The van der Waals surface area contributed by atoms with E-state index in [2.05, 4.69) is 45.0 Å². The van der Waals surface area contributed by atoms with Crippen molar-refractivity contribution in [1.29, 1.82) is 0 Å². The van der Waals surface area contributed by atoms with Crippen LogP contribution < -0.4 is 10.4 Å². The molecule has 0 aliphatic carbocycles. The van der Waals surface area contributed by atoms with Crippen molar-refractivity contribution in [2.24, 2.45) is 5.92 Å². The van der Waals surface area contributed by atoms with Crippen LogP contribution in [0.1, 0.15) is 41.5 Å². The molecule has 0 spiro atoms. The van der Waals surface area contributed by atoms with E-state index < -0.39 is 32.0 Å². The molecule has 35 heavy (non-hydrogen) atoms. The average molecular weight is 722 g/mol. The van der Waals surface area contributed by atoms with Gasteiger partial charge in [-0.3, -0.25) is 9.59 Å². The molecule has 6 nitrogen and oxygen atoms in total. The summed E-state index contributed by atoms with van der Waals surface area (Å²) in [5.74, 6) is -1.08. The van der Waals surface area contributed by atoms with E-state index in [0.29, 0.717) is 0 Å². The molecule has 3 atom stereocenters. The van der Waals surface area contributed by atoms with Crippen LogP contribution in [0.25, 0.3) is 0 Å². The van der Waals surface area contributed by atoms with Crippen LogP contribution in [0.4, 0.5) is 0 Å². The van der Waals surface area contributed by atoms with Gasteiger partial charge in [0.05, 0.1) is 12.2 Å². The fraction of sp³-hybridized carbons (Fsp3) is 0.444. The summed E-state index contributed by atoms with van der Waals surface area (Å²) in [7, 11) is -2.85. The standard InChI is InChI=1S/C27H35O6Si.U/c1-20-25(33-22(3)29)17-31-27(20,18-30-21(2)28)19-32-34(26(4,5)6,23-13-9-7-10-14-23)24-15-11-8-12-16-24;/h7-17,20,25H,18-19H2,1-6H3;/q-1;/t20-,25-,27+;/m0./s1. The van der Waals surface area contributed by atoms with Crippen LogP contribution in [-0.2, 0) is 28.2 Å². The van der Waals surface area contributed by atoms with Crippen LogP contribution in [0, 0.1) is 43.6 Å². The number of carbonyl (C=O) groups is 2. The zero-order chi connectivity index (χ0) is 25.0. The van der Waals surface area contributed by atoms with Crippen molar-refractivity contribution in [3.05, 3.63) is 67.3 Å². The number of hydrogen-bond donors (Lipinski definition) is 0. The molecule has 0 unspecified atom stereocenters. The second-order valence-electron chi connectivity index (χ2n) is 9.91. The third-order valence-corrected chi connectivity index (χ3v) is 11.5. The SMILES string of the molecule is CC(=O)OC[C@]1(CO[Si](c2ccccc2)(c2ccccc2)C(C)(C)C)O[CH-][C@H](OC(C)=O)[C@@H]1C.[U]. The molecule has 0 radical (unpaired) electrons. The number of hydrogen-bond acceptors (Lipinski definition) is 6. The van der Waals surface area contributed by atoms with E-state index >= 15 is 0 Å². The summed E-state index contributed by atoms with van der Waals surface area (Å²) in [6.45, 7) is 12.9. The van der Waals surface area contributed by atoms with Crippen molar-refractivity contribution < 1.29 is 59.3 Å². The fourth-order valence-electron chi connectivity index (χ4n) is 4.64. The molecule has 1 fully saturated rings. The Morgan fingerprint density at radius 3 is 1.89 bits per heavy atom. The molecule has 8 heteroatoms. The van der Waals surface area contributed by atoms with Crippen molar-refractivity contribution in [2.45, 2.75) is 58.3 Å². The zero-order valence-electron chi connectivity index (χ0n) is 21.4. The molecular formula is C27H35O6SiU-. The second-order valence-corrected chi connectivity index (χ2v) is 14.2. The summed E-state index contributed by atoms with van der Waals surface area (Å²) >= 11 is 0. The van der Waals surface area contributed by atoms with Crippen LogP contribution in [-0.4, -0.2) is 45.2 Å². The normalized spacial score (nSPS) is 22.2. The minimum absolute atomic E-state index is 0. The van der Waals surface area contributed by atoms with Gasteiger partial charge in [0.2, 0.25) is 0 Å². The number of rotatable bonds is 8. The van der Waals surface area contributed by atoms with Crippen molar-refractivity contribution >= 4 is 30.6 Å². The maximum atomic E-state index is 11.7. The Kier molecular flexibility index (Phi) is 10.4. The van der Waals surface area contributed by atoms with Crippen molar-refractivity contribution in [3.63, 3.8) is 0 Å². The predicted molar refractivity (Wildman–Crippen MR) is 133 cm³/mol. The van der Waals surface area contributed by atoms with Crippen molar-refractivity contribution in [3.8, 4) is 0 Å². The molecule has 1 heterocycles. The summed E-state index contributed by atoms with van der Waals surface area (Å²) in [6, 6.07) is 20.6. The Bertz CT molecular complexity index is 939. The Balaban J connectivity index is 0.00000432. The summed E-state index contributed by atoms with van der Waals surface area (Å²) in [5, 5.41) is 2.06. The zero-order valence-corrected chi connectivity index (χ0v) is 26.5. The van der Waals surface area contributed by atoms with E-state index in [-0.39, 0.29) is 55.3 Å². The van der Waals surface area contributed by atoms with Gasteiger partial charge in [0.15, 0.2) is 0 Å². The van der Waals surface area contributed by atoms with E-state index in [0.717, 1.165) is 10.4 Å². The quantitative estimate of drug-likeness (QED) is 0.236. The fourth-order valence-corrected chi connectivity index (χ4v) is 9.25. The first-order chi connectivity index (χ1) is 16.0. The molecular weight excluding hydrogens is 686 g/mol. The smallest absolute Gasteiger partial charge is 0.302 e. The molecule has 0 saturated carbocycles. The Morgan fingerprint density at radius 2 is 1.46 bits per heavy atom. The minimum Gasteiger partial charge on any atom is -0.540 e. The number of esters is 2. The van der Waals surface area contributed by atoms with Gasteiger partial charge in [-0.1, -0.05) is 88.4 Å². The molecule has 1 aliphatic rings. The third-order valence-electron chi connectivity index (χ3n) is 6.53. The van der Waals surface area contributed by atoms with E-state index in [1.54, 1.807) is 0 Å². The van der Waals surface area contributed by atoms with Gasteiger partial charge >= 0.3 is 5.97 Å². The molecule has 1 saturated heterocycles. The second kappa shape index (κ2) is 12.2. The van der Waals surface area contributed by atoms with Crippen LogP contribution in [0.15, 0.2) is 60.7 Å². The molecule has 0 N–H and O–H groups in total. The van der Waals surface area contributed by atoms with Crippen molar-refractivity contribution in [2.75, 3.05) is 13.2 Å². The van der Waals surface area contributed by atoms with E-state index in [4.69, 9.17) is 18.6 Å². The van der Waals surface area contributed by atoms with Crippen LogP contribution in [0.3, 0.4) is 0 Å². The van der Waals surface area contributed by atoms with Gasteiger partial charge in [0.1, 0.15) is 6.61 Å². The first kappa shape index (κ1) is 29.8. The Labute approximate surface area is 233 Å². The Hall–Kier alpha value is -1.43. The Morgan fingerprint density at radius 1 is 0.943 bits per heavy atom. The first-order valence-corrected chi connectivity index (χ1v) is 13.5. The molecule has 1 aliphatic heterocycles. The van der Waals surface area contributed by atoms with E-state index in [1.807, 2.05) is 43.3 Å². The molecule has 3 rings (SSSR count). The molecule has 188 valence electrons. The molecule has 0 bridgehead atoms. The third kappa shape index (κ3) is 6.47. The maximum Gasteiger partial charge on any atom is 0.302 e. The van der Waals surface area contributed by atoms with E-state index in [9.17, 15) is 9.59 Å². The van der Waals surface area contributed by atoms with Gasteiger partial charge in [0, 0.05) is 51.1 Å². The van der Waals surface area contributed by atoms with Crippen LogP contribution in [0.2, 0.25) is 5.04 Å². The summed E-state index contributed by atoms with van der Waals surface area (Å²) in [5.41, 5.74) is -0.987. The monoisotopic (exact) mass is 721 g/mol. The van der Waals surface area contributed by atoms with Crippen molar-refractivity contribution in [1.82, 2.24) is 0 Å². The van der Waals surface area contributed by atoms with Gasteiger partial charge in [-0.2, -0.15) is 6.61 Å². The van der Waals surface area contributed by atoms with Gasteiger partial charge in [-0.05, 0) is 21.3 Å². The van der Waals surface area contributed by atoms with Gasteiger partial charge in [-0.25, -0.2) is 0 Å². The topological polar surface area (TPSA) is 71.1 Å². The van der Waals surface area contributed by atoms with E-state index in [1.165, 1.54) is 20.5 Å². The molecule has 2 aromatic rings. The average Bonchev–Trinajstić information content (AvgIpc) is 3.08. The number of carbonyl (C=O) groups excluding carboxylic acids is 2. The van der Waals surface area contributed by atoms with Crippen LogP contribution in [0.5, 0.6) is 0 Å². The van der Waals surface area contributed by atoms with Gasteiger partial charge in [-0.15, -0.1) is 0 Å². The van der Waals surface area contributed by atoms with Crippen LogP contribution >= 0.6 is 0 Å². The number of ether oxygens (including phenoxy) is 3. The molecule has 2 aromatic carbocycles. The van der Waals surface area contributed by atoms with Gasteiger partial charge in [0.25, 0.3) is 14.3 Å². The predicted octanol–water partition coefficient (Wildman–Crippen LogP) is 3.62. The summed E-state index contributed by atoms with van der Waals surface area (Å²) in [4.78, 5) is 23.3. The maximum absolute atomic E-state index is 11.7. The van der Waals surface area contributed by atoms with Gasteiger partial charge < -0.3 is 18.6 Å².